The maximum absolute atomic E-state index is 3.64. The predicted molar refractivity (Wildman–Crippen MR) is 69.9 cm³/mol. The van der Waals surface area contributed by atoms with Crippen molar-refractivity contribution in [3.63, 3.8) is 0 Å². The summed E-state index contributed by atoms with van der Waals surface area (Å²) in [7, 11) is 0. The topological polar surface area (TPSA) is 27.8 Å². The molecule has 1 aliphatic carbocycles. The fourth-order valence-corrected chi connectivity index (χ4v) is 2.60. The van der Waals surface area contributed by atoms with Crippen LogP contribution in [0.1, 0.15) is 23.1 Å². The number of hydrogen-bond acceptors (Lipinski definition) is 1. The molecule has 2 heteroatoms. The fourth-order valence-electron chi connectivity index (χ4n) is 2.60. The lowest BCUT2D eigenvalue weighted by atomic mass is 9.88. The average molecular weight is 226 g/mol. The third kappa shape index (κ3) is 2.42. The van der Waals surface area contributed by atoms with Crippen molar-refractivity contribution in [2.24, 2.45) is 0 Å². The van der Waals surface area contributed by atoms with Gasteiger partial charge >= 0.3 is 0 Å². The monoisotopic (exact) mass is 226 g/mol. The summed E-state index contributed by atoms with van der Waals surface area (Å²) in [5.41, 5.74) is 4.39. The predicted octanol–water partition coefficient (Wildman–Crippen LogP) is 2.66. The lowest BCUT2D eigenvalue weighted by molar-refractivity contribution is 0.458. The minimum Gasteiger partial charge on any atom is -0.367 e. The van der Waals surface area contributed by atoms with E-state index in [0.717, 1.165) is 6.54 Å². The van der Waals surface area contributed by atoms with E-state index >= 15 is 0 Å². The smallest absolute Gasteiger partial charge is 0.0223 e. The molecule has 1 aromatic heterocycles. The van der Waals surface area contributed by atoms with Gasteiger partial charge in [0, 0.05) is 25.0 Å². The van der Waals surface area contributed by atoms with E-state index in [1.54, 1.807) is 0 Å². The molecule has 0 saturated carbocycles. The van der Waals surface area contributed by atoms with Gasteiger partial charge in [-0.25, -0.2) is 0 Å². The van der Waals surface area contributed by atoms with Crippen LogP contribution < -0.4 is 5.32 Å². The van der Waals surface area contributed by atoms with Crippen molar-refractivity contribution in [3.05, 3.63) is 59.4 Å². The van der Waals surface area contributed by atoms with Crippen LogP contribution >= 0.6 is 0 Å². The number of H-pyrrole nitrogens is 1. The van der Waals surface area contributed by atoms with Crippen LogP contribution in [0, 0.1) is 0 Å². The molecular formula is C15H18N2. The fraction of sp³-hybridized carbons (Fsp3) is 0.333. The zero-order valence-corrected chi connectivity index (χ0v) is 9.95. The molecule has 0 amide bonds. The summed E-state index contributed by atoms with van der Waals surface area (Å²) in [5, 5.41) is 3.64. The number of aromatic amines is 1. The summed E-state index contributed by atoms with van der Waals surface area (Å²) in [6, 6.07) is 11.6. The first-order valence-electron chi connectivity index (χ1n) is 6.33. The lowest BCUT2D eigenvalue weighted by Gasteiger charge is -2.25. The molecule has 1 heterocycles. The molecule has 0 spiro atoms. The molecule has 0 bridgehead atoms. The molecule has 2 N–H and O–H groups in total. The van der Waals surface area contributed by atoms with Gasteiger partial charge in [-0.2, -0.15) is 0 Å². The van der Waals surface area contributed by atoms with Crippen molar-refractivity contribution in [2.75, 3.05) is 0 Å². The maximum Gasteiger partial charge on any atom is 0.0223 e. The van der Waals surface area contributed by atoms with Gasteiger partial charge in [0.15, 0.2) is 0 Å². The molecule has 0 aliphatic heterocycles. The van der Waals surface area contributed by atoms with E-state index in [-0.39, 0.29) is 0 Å². The van der Waals surface area contributed by atoms with Crippen molar-refractivity contribution >= 4 is 0 Å². The van der Waals surface area contributed by atoms with Crippen LogP contribution in [-0.2, 0) is 19.4 Å². The van der Waals surface area contributed by atoms with Crippen molar-refractivity contribution < 1.29 is 0 Å². The zero-order valence-electron chi connectivity index (χ0n) is 9.95. The Morgan fingerprint density at radius 2 is 2.06 bits per heavy atom. The van der Waals surface area contributed by atoms with E-state index in [1.165, 1.54) is 36.0 Å². The normalized spacial score (nSPS) is 18.9. The highest BCUT2D eigenvalue weighted by Gasteiger charge is 2.17. The molecule has 3 rings (SSSR count). The van der Waals surface area contributed by atoms with Gasteiger partial charge in [0.05, 0.1) is 0 Å². The molecule has 1 aromatic carbocycles. The van der Waals surface area contributed by atoms with Gasteiger partial charge in [-0.15, -0.1) is 0 Å². The molecule has 2 nitrogen and oxygen atoms in total. The minimum atomic E-state index is 0.625. The molecule has 88 valence electrons. The summed E-state index contributed by atoms with van der Waals surface area (Å²) >= 11 is 0. The third-order valence-corrected chi connectivity index (χ3v) is 3.60. The van der Waals surface area contributed by atoms with Gasteiger partial charge in [0.25, 0.3) is 0 Å². The molecule has 1 unspecified atom stereocenters. The van der Waals surface area contributed by atoms with Crippen molar-refractivity contribution in [2.45, 2.75) is 31.8 Å². The van der Waals surface area contributed by atoms with E-state index in [0.29, 0.717) is 6.04 Å². The van der Waals surface area contributed by atoms with Crippen LogP contribution in [0.4, 0.5) is 0 Å². The Labute approximate surface area is 102 Å². The highest BCUT2D eigenvalue weighted by atomic mass is 14.9. The number of nitrogens with one attached hydrogen (secondary N) is 2. The van der Waals surface area contributed by atoms with Gasteiger partial charge in [-0.3, -0.25) is 0 Å². The molecule has 1 atom stereocenters. The van der Waals surface area contributed by atoms with E-state index in [9.17, 15) is 0 Å². The van der Waals surface area contributed by atoms with Gasteiger partial charge in [-0.1, -0.05) is 24.3 Å². The Morgan fingerprint density at radius 3 is 2.88 bits per heavy atom. The third-order valence-electron chi connectivity index (χ3n) is 3.60. The van der Waals surface area contributed by atoms with Gasteiger partial charge in [0.1, 0.15) is 0 Å². The molecule has 0 fully saturated rings. The Kier molecular flexibility index (Phi) is 2.97. The number of aryl methyl sites for hydroxylation is 1. The van der Waals surface area contributed by atoms with Crippen molar-refractivity contribution in [3.8, 4) is 0 Å². The van der Waals surface area contributed by atoms with Crippen LogP contribution in [0.2, 0.25) is 0 Å². The number of rotatable bonds is 3. The van der Waals surface area contributed by atoms with Crippen LogP contribution in [0.5, 0.6) is 0 Å². The van der Waals surface area contributed by atoms with Gasteiger partial charge in [0.2, 0.25) is 0 Å². The highest BCUT2D eigenvalue weighted by molar-refractivity contribution is 5.30. The standard InChI is InChI=1S/C15H18N2/c1-2-4-14-9-15(6-5-13(14)3-1)17-11-12-7-8-16-10-12/h1-4,7-8,10,15-17H,5-6,9,11H2. The number of hydrogen-bond donors (Lipinski definition) is 2. The molecule has 0 radical (unpaired) electrons. The summed E-state index contributed by atoms with van der Waals surface area (Å²) in [6.45, 7) is 0.969. The largest absolute Gasteiger partial charge is 0.367 e. The summed E-state index contributed by atoms with van der Waals surface area (Å²) < 4.78 is 0. The second-order valence-electron chi connectivity index (χ2n) is 4.81. The average Bonchev–Trinajstić information content (AvgIpc) is 2.89. The summed E-state index contributed by atoms with van der Waals surface area (Å²) in [5.74, 6) is 0. The van der Waals surface area contributed by atoms with Crippen molar-refractivity contribution in [1.82, 2.24) is 10.3 Å². The molecule has 1 aliphatic rings. The van der Waals surface area contributed by atoms with E-state index in [2.05, 4.69) is 46.8 Å². The lowest BCUT2D eigenvalue weighted by Crippen LogP contribution is -2.33. The number of benzene rings is 1. The SMILES string of the molecule is c1ccc2c(c1)CCC(NCc1cc[nH]c1)C2. The van der Waals surface area contributed by atoms with Crippen LogP contribution in [-0.4, -0.2) is 11.0 Å². The van der Waals surface area contributed by atoms with Crippen LogP contribution in [0.3, 0.4) is 0 Å². The first-order chi connectivity index (χ1) is 8.42. The quantitative estimate of drug-likeness (QED) is 0.827. The summed E-state index contributed by atoms with van der Waals surface area (Å²) in [6.07, 6.45) is 7.67. The minimum absolute atomic E-state index is 0.625. The number of aromatic nitrogens is 1. The molecule has 2 aromatic rings. The van der Waals surface area contributed by atoms with Crippen molar-refractivity contribution in [1.29, 1.82) is 0 Å². The summed E-state index contributed by atoms with van der Waals surface area (Å²) in [4.78, 5) is 3.09. The zero-order chi connectivity index (χ0) is 11.5. The van der Waals surface area contributed by atoms with Gasteiger partial charge in [-0.05, 0) is 42.0 Å². The molecular weight excluding hydrogens is 208 g/mol. The van der Waals surface area contributed by atoms with E-state index in [4.69, 9.17) is 0 Å². The van der Waals surface area contributed by atoms with E-state index in [1.807, 2.05) is 6.20 Å². The first kappa shape index (κ1) is 10.6. The Balaban J connectivity index is 1.61. The van der Waals surface area contributed by atoms with E-state index < -0.39 is 0 Å². The first-order valence-corrected chi connectivity index (χ1v) is 6.33. The second kappa shape index (κ2) is 4.76. The Bertz CT molecular complexity index is 473. The number of fused-ring (bicyclic) bond motifs is 1. The Morgan fingerprint density at radius 1 is 1.18 bits per heavy atom. The second-order valence-corrected chi connectivity index (χ2v) is 4.81. The molecule has 0 saturated heterocycles. The maximum atomic E-state index is 3.64. The molecule has 17 heavy (non-hydrogen) atoms. The van der Waals surface area contributed by atoms with Crippen LogP contribution in [0.15, 0.2) is 42.7 Å². The van der Waals surface area contributed by atoms with Crippen LogP contribution in [0.25, 0.3) is 0 Å². The van der Waals surface area contributed by atoms with Gasteiger partial charge < -0.3 is 10.3 Å². The Hall–Kier alpha value is -1.54. The highest BCUT2D eigenvalue weighted by Crippen LogP contribution is 2.21.